The minimum absolute atomic E-state index is 0.0798. The van der Waals surface area contributed by atoms with Crippen molar-refractivity contribution in [2.24, 2.45) is 5.92 Å². The van der Waals surface area contributed by atoms with Crippen molar-refractivity contribution in [3.8, 4) is 5.75 Å². The van der Waals surface area contributed by atoms with Gasteiger partial charge >= 0.3 is 0 Å². The number of hydrogen-bond donors (Lipinski definition) is 2. The predicted molar refractivity (Wildman–Crippen MR) is 121 cm³/mol. The molecule has 2 amide bonds. The largest absolute Gasteiger partial charge is 0.490 e. The van der Waals surface area contributed by atoms with Crippen LogP contribution in [0.4, 0.5) is 5.69 Å². The van der Waals surface area contributed by atoms with Crippen molar-refractivity contribution >= 4 is 17.5 Å². The molecule has 0 saturated carbocycles. The maximum absolute atomic E-state index is 13.1. The number of carbonyl (C=O) groups is 2. The molecule has 8 nitrogen and oxygen atoms in total. The van der Waals surface area contributed by atoms with Gasteiger partial charge in [-0.15, -0.1) is 0 Å². The summed E-state index contributed by atoms with van der Waals surface area (Å²) in [6.07, 6.45) is 4.82. The number of aliphatic hydroxyl groups is 1. The van der Waals surface area contributed by atoms with E-state index in [-0.39, 0.29) is 43.0 Å². The molecule has 1 aromatic carbocycles. The molecule has 2 N–H and O–H groups in total. The van der Waals surface area contributed by atoms with E-state index < -0.39 is 12.0 Å². The summed E-state index contributed by atoms with van der Waals surface area (Å²) in [5.41, 5.74) is 1.68. The molecule has 8 heteroatoms. The molecule has 0 unspecified atom stereocenters. The van der Waals surface area contributed by atoms with Gasteiger partial charge in [0, 0.05) is 43.1 Å². The molecule has 0 radical (unpaired) electrons. The van der Waals surface area contributed by atoms with E-state index in [4.69, 9.17) is 14.2 Å². The number of piperidine rings is 1. The lowest BCUT2D eigenvalue weighted by molar-refractivity contribution is -0.152. The van der Waals surface area contributed by atoms with Crippen LogP contribution in [-0.4, -0.2) is 73.0 Å². The van der Waals surface area contributed by atoms with Gasteiger partial charge in [0.05, 0.1) is 44.4 Å². The number of benzene rings is 1. The summed E-state index contributed by atoms with van der Waals surface area (Å²) in [5.74, 6) is -0.00381. The predicted octanol–water partition coefficient (Wildman–Crippen LogP) is 2.45. The van der Waals surface area contributed by atoms with E-state index >= 15 is 0 Å². The Balaban J connectivity index is 1.39. The number of amides is 2. The monoisotopic (exact) mass is 458 g/mol. The fraction of sp³-hybridized carbons (Fsp3) is 0.680. The lowest BCUT2D eigenvalue weighted by Gasteiger charge is -2.41. The van der Waals surface area contributed by atoms with Gasteiger partial charge in [-0.1, -0.05) is 0 Å². The molecule has 4 aliphatic heterocycles. The van der Waals surface area contributed by atoms with Crippen LogP contribution >= 0.6 is 0 Å². The first kappa shape index (κ1) is 22.6. The van der Waals surface area contributed by atoms with Gasteiger partial charge in [0.1, 0.15) is 11.9 Å². The molecule has 180 valence electrons. The lowest BCUT2D eigenvalue weighted by atomic mass is 9.76. The van der Waals surface area contributed by atoms with Crippen molar-refractivity contribution in [2.45, 2.75) is 69.2 Å². The lowest BCUT2D eigenvalue weighted by Crippen LogP contribution is -2.48. The Kier molecular flexibility index (Phi) is 6.85. The average molecular weight is 459 g/mol. The van der Waals surface area contributed by atoms with Crippen molar-refractivity contribution in [3.63, 3.8) is 0 Å². The summed E-state index contributed by atoms with van der Waals surface area (Å²) in [7, 11) is 0. The van der Waals surface area contributed by atoms with Gasteiger partial charge in [0.25, 0.3) is 0 Å². The number of likely N-dealkylation sites (tertiary alicyclic amines) is 1. The molecule has 33 heavy (non-hydrogen) atoms. The van der Waals surface area contributed by atoms with Crippen LogP contribution in [0.25, 0.3) is 0 Å². The van der Waals surface area contributed by atoms with E-state index in [1.807, 2.05) is 23.1 Å². The summed E-state index contributed by atoms with van der Waals surface area (Å²) < 4.78 is 18.0. The summed E-state index contributed by atoms with van der Waals surface area (Å²) in [5, 5.41) is 13.1. The number of aliphatic hydroxyl groups excluding tert-OH is 1. The maximum atomic E-state index is 13.1. The number of fused-ring (bicyclic) bond motifs is 4. The molecule has 2 bridgehead atoms. The Morgan fingerprint density at radius 2 is 1.97 bits per heavy atom. The molecule has 0 aliphatic carbocycles. The number of carbonyl (C=O) groups excluding carboxylic acids is 2. The van der Waals surface area contributed by atoms with Gasteiger partial charge < -0.3 is 29.5 Å². The van der Waals surface area contributed by atoms with E-state index in [1.54, 1.807) is 0 Å². The third-order valence-electron chi connectivity index (χ3n) is 7.45. The van der Waals surface area contributed by atoms with Gasteiger partial charge in [-0.3, -0.25) is 9.59 Å². The number of nitrogens with one attached hydrogen (secondary N) is 1. The van der Waals surface area contributed by atoms with Crippen LogP contribution < -0.4 is 10.1 Å². The van der Waals surface area contributed by atoms with Gasteiger partial charge in [-0.25, -0.2) is 0 Å². The Hall–Kier alpha value is -2.16. The van der Waals surface area contributed by atoms with Crippen LogP contribution in [0.15, 0.2) is 18.2 Å². The van der Waals surface area contributed by atoms with Gasteiger partial charge in [-0.05, 0) is 43.9 Å². The molecule has 4 atom stereocenters. The molecule has 0 spiro atoms. The highest BCUT2D eigenvalue weighted by atomic mass is 16.5. The van der Waals surface area contributed by atoms with E-state index in [0.717, 1.165) is 55.8 Å². The second-order valence-corrected chi connectivity index (χ2v) is 9.66. The summed E-state index contributed by atoms with van der Waals surface area (Å²) >= 11 is 0. The smallest absolute Gasteiger partial charge is 0.230 e. The molecule has 5 rings (SSSR count). The van der Waals surface area contributed by atoms with Crippen LogP contribution in [0.3, 0.4) is 0 Å². The maximum Gasteiger partial charge on any atom is 0.230 e. The molecular weight excluding hydrogens is 424 g/mol. The number of hydrogen-bond acceptors (Lipinski definition) is 6. The topological polar surface area (TPSA) is 97.3 Å². The van der Waals surface area contributed by atoms with Crippen molar-refractivity contribution in [1.82, 2.24) is 4.90 Å². The van der Waals surface area contributed by atoms with Gasteiger partial charge in [-0.2, -0.15) is 0 Å². The zero-order chi connectivity index (χ0) is 22.8. The summed E-state index contributed by atoms with van der Waals surface area (Å²) in [4.78, 5) is 28.0. The van der Waals surface area contributed by atoms with Crippen molar-refractivity contribution in [2.75, 3.05) is 38.2 Å². The first-order valence-electron chi connectivity index (χ1n) is 12.4. The van der Waals surface area contributed by atoms with Crippen LogP contribution in [0.2, 0.25) is 0 Å². The van der Waals surface area contributed by atoms with Gasteiger partial charge in [0.15, 0.2) is 0 Å². The zero-order valence-corrected chi connectivity index (χ0v) is 19.0. The van der Waals surface area contributed by atoms with Crippen LogP contribution in [0.5, 0.6) is 5.75 Å². The normalized spacial score (nSPS) is 30.2. The van der Waals surface area contributed by atoms with E-state index in [0.29, 0.717) is 19.6 Å². The first-order chi connectivity index (χ1) is 16.1. The Morgan fingerprint density at radius 3 is 2.73 bits per heavy atom. The number of rotatable bonds is 5. The van der Waals surface area contributed by atoms with E-state index in [1.165, 1.54) is 6.42 Å². The fourth-order valence-electron chi connectivity index (χ4n) is 5.73. The van der Waals surface area contributed by atoms with E-state index in [9.17, 15) is 14.7 Å². The molecule has 0 aromatic heterocycles. The Labute approximate surface area is 194 Å². The van der Waals surface area contributed by atoms with Crippen molar-refractivity contribution in [1.29, 1.82) is 0 Å². The second kappa shape index (κ2) is 9.99. The minimum atomic E-state index is -0.659. The number of anilines is 1. The van der Waals surface area contributed by atoms with Crippen molar-refractivity contribution < 1.29 is 28.9 Å². The van der Waals surface area contributed by atoms with E-state index in [2.05, 4.69) is 5.32 Å². The highest BCUT2D eigenvalue weighted by molar-refractivity contribution is 5.95. The minimum Gasteiger partial charge on any atom is -0.490 e. The Bertz CT molecular complexity index is 864. The van der Waals surface area contributed by atoms with Crippen LogP contribution in [0, 0.1) is 5.92 Å². The summed E-state index contributed by atoms with van der Waals surface area (Å²) in [6, 6.07) is 5.78. The van der Waals surface area contributed by atoms with Crippen LogP contribution in [-0.2, 0) is 19.1 Å². The Morgan fingerprint density at radius 1 is 1.18 bits per heavy atom. The first-order valence-corrected chi connectivity index (χ1v) is 12.4. The quantitative estimate of drug-likeness (QED) is 0.704. The van der Waals surface area contributed by atoms with Crippen molar-refractivity contribution in [3.05, 3.63) is 23.8 Å². The second-order valence-electron chi connectivity index (χ2n) is 9.66. The molecule has 3 saturated heterocycles. The standard InChI is InChI=1S/C25H34N2O6/c28-15-22-24-20(13-18(33-22)14-23(29)27-8-2-1-3-9-27)19-12-16(26-25(24)30)4-5-21(19)32-17-6-10-31-11-7-17/h4-5,12,17-18,20,22,24,28H,1-3,6-11,13-15H2,(H,26,30)/t18-,20+,22-,24-/m1/s1. The molecular formula is C25H34N2O6. The molecule has 4 heterocycles. The third-order valence-corrected chi connectivity index (χ3v) is 7.45. The number of nitrogens with zero attached hydrogens (tertiary/aromatic N) is 1. The summed E-state index contributed by atoms with van der Waals surface area (Å²) in [6.45, 7) is 2.70. The fourth-order valence-corrected chi connectivity index (χ4v) is 5.73. The highest BCUT2D eigenvalue weighted by Gasteiger charge is 2.46. The average Bonchev–Trinajstić information content (AvgIpc) is 2.96. The zero-order valence-electron chi connectivity index (χ0n) is 19.0. The third kappa shape index (κ3) is 4.88. The molecule has 3 fully saturated rings. The molecule has 1 aromatic rings. The number of ether oxygens (including phenoxy) is 3. The van der Waals surface area contributed by atoms with Crippen LogP contribution in [0.1, 0.15) is 56.4 Å². The van der Waals surface area contributed by atoms with Gasteiger partial charge in [0.2, 0.25) is 11.8 Å². The highest BCUT2D eigenvalue weighted by Crippen LogP contribution is 2.46. The SMILES string of the molecule is O=C1Nc2ccc(OC3CCOCC3)c(c2)[C@@H]2C[C@H](CC(=O)N3CCCCC3)O[C@H](CO)[C@H]12. The molecule has 4 aliphatic rings.